The second-order valence-corrected chi connectivity index (χ2v) is 11.1. The number of hydrogen-bond acceptors (Lipinski definition) is 5. The Morgan fingerprint density at radius 2 is 1.83 bits per heavy atom. The van der Waals surface area contributed by atoms with E-state index in [0.717, 1.165) is 36.2 Å². The maximum Gasteiger partial charge on any atom is 0.244 e. The Kier molecular flexibility index (Phi) is 9.02. The number of sulfonamides is 1. The van der Waals surface area contributed by atoms with Gasteiger partial charge >= 0.3 is 0 Å². The Bertz CT molecular complexity index is 1150. The fourth-order valence-corrected chi connectivity index (χ4v) is 5.20. The van der Waals surface area contributed by atoms with Crippen LogP contribution in [0.2, 0.25) is 5.02 Å². The zero-order valence-corrected chi connectivity index (χ0v) is 21.8. The van der Waals surface area contributed by atoms with Gasteiger partial charge in [0.2, 0.25) is 21.8 Å². The summed E-state index contributed by atoms with van der Waals surface area (Å²) in [5.41, 5.74) is 0.955. The Hall–Kier alpha value is -2.78. The predicted molar refractivity (Wildman–Crippen MR) is 137 cm³/mol. The second-order valence-electron chi connectivity index (χ2n) is 8.75. The van der Waals surface area contributed by atoms with E-state index in [1.165, 1.54) is 12.0 Å². The minimum absolute atomic E-state index is 0.0630. The molecule has 10 heteroatoms. The van der Waals surface area contributed by atoms with Gasteiger partial charge in [-0.3, -0.25) is 13.9 Å². The number of nitrogens with one attached hydrogen (secondary N) is 1. The van der Waals surface area contributed by atoms with E-state index in [0.29, 0.717) is 22.0 Å². The third-order valence-corrected chi connectivity index (χ3v) is 7.70. The smallest absolute Gasteiger partial charge is 0.244 e. The number of ether oxygens (including phenoxy) is 1. The summed E-state index contributed by atoms with van der Waals surface area (Å²) < 4.78 is 31.5. The fourth-order valence-electron chi connectivity index (χ4n) is 4.16. The highest BCUT2D eigenvalue weighted by molar-refractivity contribution is 7.92. The number of methoxy groups -OCH3 is 1. The van der Waals surface area contributed by atoms with Gasteiger partial charge in [0.25, 0.3) is 0 Å². The topological polar surface area (TPSA) is 96.0 Å². The molecule has 0 aliphatic heterocycles. The quantitative estimate of drug-likeness (QED) is 0.515. The SMILES string of the molecule is COc1cccc(N(CC(=O)N(Cc2ccccc2Cl)C(C)C(=O)NC2CCCC2)S(C)(=O)=O)c1. The highest BCUT2D eigenvalue weighted by Gasteiger charge is 2.31. The number of carbonyl (C=O) groups is 2. The van der Waals surface area contributed by atoms with Gasteiger partial charge in [0.1, 0.15) is 18.3 Å². The second kappa shape index (κ2) is 11.8. The molecule has 1 aliphatic rings. The highest BCUT2D eigenvalue weighted by Crippen LogP contribution is 2.25. The number of benzene rings is 2. The predicted octanol–water partition coefficient (Wildman–Crippen LogP) is 3.59. The number of rotatable bonds is 10. The zero-order chi connectivity index (χ0) is 25.6. The van der Waals surface area contributed by atoms with Crippen molar-refractivity contribution >= 4 is 39.1 Å². The first-order valence-electron chi connectivity index (χ1n) is 11.5. The van der Waals surface area contributed by atoms with Crippen molar-refractivity contribution in [2.75, 3.05) is 24.2 Å². The molecule has 1 N–H and O–H groups in total. The van der Waals surface area contributed by atoms with Crippen LogP contribution in [0, 0.1) is 0 Å². The van der Waals surface area contributed by atoms with Crippen molar-refractivity contribution in [3.63, 3.8) is 0 Å². The Labute approximate surface area is 212 Å². The summed E-state index contributed by atoms with van der Waals surface area (Å²) >= 11 is 6.34. The first-order chi connectivity index (χ1) is 16.6. The monoisotopic (exact) mass is 521 g/mol. The average Bonchev–Trinajstić information content (AvgIpc) is 3.33. The molecule has 0 spiro atoms. The summed E-state index contributed by atoms with van der Waals surface area (Å²) in [6.45, 7) is 1.24. The molecule has 1 fully saturated rings. The van der Waals surface area contributed by atoms with Crippen LogP contribution in [0.3, 0.4) is 0 Å². The van der Waals surface area contributed by atoms with E-state index in [2.05, 4.69) is 5.32 Å². The number of amides is 2. The molecular weight excluding hydrogens is 490 g/mol. The van der Waals surface area contributed by atoms with E-state index in [9.17, 15) is 18.0 Å². The van der Waals surface area contributed by atoms with Gasteiger partial charge < -0.3 is 15.0 Å². The van der Waals surface area contributed by atoms with Gasteiger partial charge in [-0.15, -0.1) is 0 Å². The molecule has 1 aliphatic carbocycles. The van der Waals surface area contributed by atoms with Gasteiger partial charge in [-0.05, 0) is 43.5 Å². The molecule has 0 radical (unpaired) electrons. The van der Waals surface area contributed by atoms with Crippen LogP contribution in [-0.2, 0) is 26.2 Å². The number of nitrogens with zero attached hydrogens (tertiary/aromatic N) is 2. The molecule has 0 bridgehead atoms. The lowest BCUT2D eigenvalue weighted by Crippen LogP contribution is -2.52. The van der Waals surface area contributed by atoms with Crippen LogP contribution in [0.1, 0.15) is 38.2 Å². The van der Waals surface area contributed by atoms with Crippen molar-refractivity contribution in [1.29, 1.82) is 0 Å². The van der Waals surface area contributed by atoms with Crippen LogP contribution in [0.25, 0.3) is 0 Å². The maximum atomic E-state index is 13.6. The number of hydrogen-bond donors (Lipinski definition) is 1. The van der Waals surface area contributed by atoms with E-state index in [-0.39, 0.29) is 18.5 Å². The largest absolute Gasteiger partial charge is 0.497 e. The lowest BCUT2D eigenvalue weighted by atomic mass is 10.1. The number of halogens is 1. The molecule has 3 rings (SSSR count). The highest BCUT2D eigenvalue weighted by atomic mass is 35.5. The van der Waals surface area contributed by atoms with E-state index in [4.69, 9.17) is 16.3 Å². The lowest BCUT2D eigenvalue weighted by Gasteiger charge is -2.32. The minimum atomic E-state index is -3.81. The molecule has 0 saturated heterocycles. The van der Waals surface area contributed by atoms with Gasteiger partial charge in [-0.2, -0.15) is 0 Å². The molecule has 0 aromatic heterocycles. The van der Waals surface area contributed by atoms with Crippen LogP contribution >= 0.6 is 11.6 Å². The summed E-state index contributed by atoms with van der Waals surface area (Å²) in [5, 5.41) is 3.49. The number of carbonyl (C=O) groups excluding carboxylic acids is 2. The third-order valence-electron chi connectivity index (χ3n) is 6.19. The van der Waals surface area contributed by atoms with E-state index in [1.807, 2.05) is 0 Å². The molecule has 1 unspecified atom stereocenters. The molecule has 1 saturated carbocycles. The van der Waals surface area contributed by atoms with E-state index in [1.54, 1.807) is 55.5 Å². The standard InChI is InChI=1S/C25H32ClN3O5S/c1-18(25(31)27-20-10-5-6-11-20)28(16-19-9-4-7-14-23(19)26)24(30)17-29(35(3,32)33)21-12-8-13-22(15-21)34-2/h4,7-9,12-15,18,20H,5-6,10-11,16-17H2,1-3H3,(H,27,31). The van der Waals surface area contributed by atoms with Crippen LogP contribution in [0.5, 0.6) is 5.75 Å². The Morgan fingerprint density at radius 3 is 2.46 bits per heavy atom. The minimum Gasteiger partial charge on any atom is -0.497 e. The first-order valence-corrected chi connectivity index (χ1v) is 13.8. The summed E-state index contributed by atoms with van der Waals surface area (Å²) in [6.07, 6.45) is 4.98. The Morgan fingerprint density at radius 1 is 1.14 bits per heavy atom. The van der Waals surface area contributed by atoms with Gasteiger partial charge in [-0.1, -0.05) is 48.7 Å². The summed E-state index contributed by atoms with van der Waals surface area (Å²) in [7, 11) is -2.34. The van der Waals surface area contributed by atoms with E-state index < -0.39 is 28.5 Å². The van der Waals surface area contributed by atoms with Gasteiger partial charge in [0.05, 0.1) is 19.1 Å². The van der Waals surface area contributed by atoms with Crippen molar-refractivity contribution in [2.45, 2.75) is 51.2 Å². The third kappa shape index (κ3) is 7.11. The van der Waals surface area contributed by atoms with Gasteiger partial charge in [0.15, 0.2) is 0 Å². The Balaban J connectivity index is 1.90. The zero-order valence-electron chi connectivity index (χ0n) is 20.2. The summed E-state index contributed by atoms with van der Waals surface area (Å²) in [6, 6.07) is 12.8. The molecule has 1 atom stereocenters. The van der Waals surface area contributed by atoms with Crippen LogP contribution < -0.4 is 14.4 Å². The molecule has 2 amide bonds. The lowest BCUT2D eigenvalue weighted by molar-refractivity contribution is -0.139. The van der Waals surface area contributed by atoms with Crippen molar-refractivity contribution in [3.05, 3.63) is 59.1 Å². The molecule has 2 aromatic carbocycles. The molecule has 190 valence electrons. The molecule has 0 heterocycles. The van der Waals surface area contributed by atoms with Crippen molar-refractivity contribution < 1.29 is 22.7 Å². The molecule has 2 aromatic rings. The van der Waals surface area contributed by atoms with Crippen LogP contribution in [-0.4, -0.2) is 57.1 Å². The summed E-state index contributed by atoms with van der Waals surface area (Å²) in [5.74, 6) is -0.336. The van der Waals surface area contributed by atoms with Gasteiger partial charge in [-0.25, -0.2) is 8.42 Å². The van der Waals surface area contributed by atoms with Crippen LogP contribution in [0.15, 0.2) is 48.5 Å². The van der Waals surface area contributed by atoms with Gasteiger partial charge in [0, 0.05) is 23.7 Å². The van der Waals surface area contributed by atoms with Crippen molar-refractivity contribution in [3.8, 4) is 5.75 Å². The van der Waals surface area contributed by atoms with Crippen molar-refractivity contribution in [2.24, 2.45) is 0 Å². The fraction of sp³-hybridized carbons (Fsp3) is 0.440. The maximum absolute atomic E-state index is 13.6. The summed E-state index contributed by atoms with van der Waals surface area (Å²) in [4.78, 5) is 28.0. The first kappa shape index (κ1) is 26.8. The van der Waals surface area contributed by atoms with E-state index >= 15 is 0 Å². The number of anilines is 1. The molecule has 35 heavy (non-hydrogen) atoms. The molecule has 8 nitrogen and oxygen atoms in total. The average molecular weight is 522 g/mol. The van der Waals surface area contributed by atoms with Crippen molar-refractivity contribution in [1.82, 2.24) is 10.2 Å². The normalized spacial score (nSPS) is 14.9. The molecular formula is C25H32ClN3O5S. The van der Waals surface area contributed by atoms with Crippen LogP contribution in [0.4, 0.5) is 5.69 Å².